The Morgan fingerprint density at radius 3 is 2.22 bits per heavy atom. The molecule has 0 saturated carbocycles. The van der Waals surface area contributed by atoms with Crippen LogP contribution in [0.15, 0.2) is 108 Å². The summed E-state index contributed by atoms with van der Waals surface area (Å²) >= 11 is 0. The van der Waals surface area contributed by atoms with E-state index >= 15 is 4.39 Å². The van der Waals surface area contributed by atoms with Crippen LogP contribution in [-0.2, 0) is 16.6 Å². The molecule has 0 unspecified atom stereocenters. The van der Waals surface area contributed by atoms with Gasteiger partial charge in [-0.25, -0.2) is 12.8 Å². The van der Waals surface area contributed by atoms with Gasteiger partial charge >= 0.3 is 0 Å². The lowest BCUT2D eigenvalue weighted by Crippen LogP contribution is -2.32. The van der Waals surface area contributed by atoms with Crippen molar-refractivity contribution in [2.75, 3.05) is 6.54 Å². The lowest BCUT2D eigenvalue weighted by molar-refractivity contribution is 0.401. The van der Waals surface area contributed by atoms with E-state index in [1.807, 2.05) is 79.7 Å². The second-order valence-electron chi connectivity index (χ2n) is 7.77. The summed E-state index contributed by atoms with van der Waals surface area (Å²) in [6, 6.07) is 29.3. The Morgan fingerprint density at radius 2 is 1.50 bits per heavy atom. The number of hydrogen-bond donors (Lipinski definition) is 0. The van der Waals surface area contributed by atoms with Crippen molar-refractivity contribution in [2.45, 2.75) is 18.4 Å². The first-order valence-corrected chi connectivity index (χ1v) is 11.8. The monoisotopic (exact) mass is 445 g/mol. The summed E-state index contributed by atoms with van der Waals surface area (Å²) in [6.45, 7) is 1.62. The molecule has 0 amide bonds. The first-order valence-electron chi connectivity index (χ1n) is 10.4. The van der Waals surface area contributed by atoms with Crippen LogP contribution in [-0.4, -0.2) is 19.3 Å². The number of fused-ring (bicyclic) bond motifs is 1. The highest BCUT2D eigenvalue weighted by Gasteiger charge is 2.25. The fourth-order valence-electron chi connectivity index (χ4n) is 3.56. The van der Waals surface area contributed by atoms with E-state index in [1.54, 1.807) is 24.3 Å². The Balaban J connectivity index is 1.65. The van der Waals surface area contributed by atoms with Crippen molar-refractivity contribution in [3.05, 3.63) is 120 Å². The Kier molecular flexibility index (Phi) is 6.49. The molecule has 0 saturated heterocycles. The van der Waals surface area contributed by atoms with Crippen molar-refractivity contribution in [2.24, 2.45) is 0 Å². The van der Waals surface area contributed by atoms with E-state index in [4.69, 9.17) is 0 Å². The van der Waals surface area contributed by atoms with Gasteiger partial charge in [0.2, 0.25) is 10.0 Å². The lowest BCUT2D eigenvalue weighted by Gasteiger charge is -2.22. The number of halogens is 1. The molecule has 4 aromatic rings. The summed E-state index contributed by atoms with van der Waals surface area (Å²) < 4.78 is 43.0. The van der Waals surface area contributed by atoms with Crippen LogP contribution in [0.5, 0.6) is 0 Å². The summed E-state index contributed by atoms with van der Waals surface area (Å²) in [6.07, 6.45) is 1.40. The van der Waals surface area contributed by atoms with Gasteiger partial charge in [0.1, 0.15) is 5.83 Å². The highest BCUT2D eigenvalue weighted by atomic mass is 32.2. The smallest absolute Gasteiger partial charge is 0.210 e. The van der Waals surface area contributed by atoms with Crippen molar-refractivity contribution in [3.8, 4) is 0 Å². The zero-order chi connectivity index (χ0) is 22.6. The summed E-state index contributed by atoms with van der Waals surface area (Å²) in [5.41, 5.74) is 2.44. The van der Waals surface area contributed by atoms with Gasteiger partial charge in [-0.1, -0.05) is 84.4 Å². The Morgan fingerprint density at radius 1 is 0.844 bits per heavy atom. The molecule has 162 valence electrons. The average molecular weight is 446 g/mol. The van der Waals surface area contributed by atoms with E-state index in [9.17, 15) is 8.42 Å². The molecule has 0 fully saturated rings. The van der Waals surface area contributed by atoms with E-state index in [-0.39, 0.29) is 18.0 Å². The highest BCUT2D eigenvalue weighted by molar-refractivity contribution is 7.89. The highest BCUT2D eigenvalue weighted by Crippen LogP contribution is 2.23. The van der Waals surface area contributed by atoms with Crippen LogP contribution >= 0.6 is 0 Å². The van der Waals surface area contributed by atoms with Crippen molar-refractivity contribution in [1.82, 2.24) is 4.31 Å². The van der Waals surface area contributed by atoms with Crippen molar-refractivity contribution >= 4 is 26.9 Å². The fraction of sp³-hybridized carbons (Fsp3) is 0.111. The molecule has 0 aliphatic rings. The van der Waals surface area contributed by atoms with E-state index in [0.717, 1.165) is 21.9 Å². The molecule has 0 heterocycles. The number of nitrogens with zero attached hydrogens (tertiary/aromatic N) is 1. The molecule has 32 heavy (non-hydrogen) atoms. The molecule has 0 atom stereocenters. The van der Waals surface area contributed by atoms with Crippen LogP contribution < -0.4 is 0 Å². The molecule has 0 spiro atoms. The minimum absolute atomic E-state index is 0.0794. The summed E-state index contributed by atoms with van der Waals surface area (Å²) in [4.78, 5) is 0.150. The van der Waals surface area contributed by atoms with Crippen LogP contribution in [0, 0.1) is 6.92 Å². The number of hydrogen-bond acceptors (Lipinski definition) is 2. The predicted octanol–water partition coefficient (Wildman–Crippen LogP) is 6.35. The third-order valence-corrected chi connectivity index (χ3v) is 7.09. The predicted molar refractivity (Wildman–Crippen MR) is 128 cm³/mol. The quantitative estimate of drug-likeness (QED) is 0.332. The SMILES string of the molecule is Cc1ccc(S(=O)(=O)N(C/C(F)=C/c2ccc3ccccc3c2)Cc2ccccc2)cc1. The largest absolute Gasteiger partial charge is 0.243 e. The summed E-state index contributed by atoms with van der Waals surface area (Å²) in [7, 11) is -3.89. The van der Waals surface area contributed by atoms with Gasteiger partial charge in [0.15, 0.2) is 0 Å². The van der Waals surface area contributed by atoms with Gasteiger partial charge in [0.25, 0.3) is 0 Å². The maximum Gasteiger partial charge on any atom is 0.243 e. The molecule has 3 nitrogen and oxygen atoms in total. The third-order valence-electron chi connectivity index (χ3n) is 5.28. The van der Waals surface area contributed by atoms with E-state index < -0.39 is 15.9 Å². The first kappa shape index (κ1) is 21.9. The molecule has 5 heteroatoms. The fourth-order valence-corrected chi connectivity index (χ4v) is 4.96. The van der Waals surface area contributed by atoms with E-state index in [2.05, 4.69) is 0 Å². The van der Waals surface area contributed by atoms with Crippen LogP contribution in [0.1, 0.15) is 16.7 Å². The lowest BCUT2D eigenvalue weighted by atomic mass is 10.1. The van der Waals surface area contributed by atoms with Crippen molar-refractivity contribution < 1.29 is 12.8 Å². The van der Waals surface area contributed by atoms with Gasteiger partial charge in [-0.05, 0) is 53.1 Å². The summed E-state index contributed by atoms with van der Waals surface area (Å²) in [5, 5.41) is 2.07. The molecular weight excluding hydrogens is 421 g/mol. The third kappa shape index (κ3) is 5.13. The first-order chi connectivity index (χ1) is 15.4. The molecule has 0 aliphatic carbocycles. The normalized spacial score (nSPS) is 12.4. The maximum atomic E-state index is 15.1. The number of benzene rings is 4. The van der Waals surface area contributed by atoms with Gasteiger partial charge in [-0.3, -0.25) is 0 Å². The van der Waals surface area contributed by atoms with E-state index in [0.29, 0.717) is 5.56 Å². The molecule has 0 bridgehead atoms. The molecule has 0 aliphatic heterocycles. The average Bonchev–Trinajstić information content (AvgIpc) is 2.79. The molecule has 4 aromatic carbocycles. The molecule has 4 rings (SSSR count). The Bertz CT molecular complexity index is 1350. The second-order valence-corrected chi connectivity index (χ2v) is 9.71. The second kappa shape index (κ2) is 9.47. The zero-order valence-electron chi connectivity index (χ0n) is 17.8. The van der Waals surface area contributed by atoms with Crippen LogP contribution in [0.4, 0.5) is 4.39 Å². The number of rotatable bonds is 7. The van der Waals surface area contributed by atoms with Gasteiger partial charge in [-0.15, -0.1) is 0 Å². The van der Waals surface area contributed by atoms with Gasteiger partial charge in [0.05, 0.1) is 11.4 Å². The maximum absolute atomic E-state index is 15.1. The molecular formula is C27H24FNO2S. The van der Waals surface area contributed by atoms with Crippen molar-refractivity contribution in [3.63, 3.8) is 0 Å². The Hall–Kier alpha value is -3.28. The summed E-state index contributed by atoms with van der Waals surface area (Å²) in [5.74, 6) is -0.521. The molecule has 0 radical (unpaired) electrons. The van der Waals surface area contributed by atoms with Gasteiger partial charge < -0.3 is 0 Å². The standard InChI is InChI=1S/C27H24FNO2S/c1-21-11-15-27(16-12-21)32(30,31)29(19-22-7-3-2-4-8-22)20-26(28)18-23-13-14-24-9-5-6-10-25(24)17-23/h2-18H,19-20H2,1H3/b26-18-. The Labute approximate surface area is 188 Å². The molecule has 0 aromatic heterocycles. The molecule has 0 N–H and O–H groups in total. The minimum Gasteiger partial charge on any atom is -0.210 e. The zero-order valence-corrected chi connectivity index (χ0v) is 18.6. The van der Waals surface area contributed by atoms with Gasteiger partial charge in [-0.2, -0.15) is 4.31 Å². The van der Waals surface area contributed by atoms with Crippen LogP contribution in [0.2, 0.25) is 0 Å². The number of aryl methyl sites for hydroxylation is 1. The van der Waals surface area contributed by atoms with Crippen LogP contribution in [0.25, 0.3) is 16.8 Å². The van der Waals surface area contributed by atoms with Crippen molar-refractivity contribution in [1.29, 1.82) is 0 Å². The van der Waals surface area contributed by atoms with E-state index in [1.165, 1.54) is 10.4 Å². The van der Waals surface area contributed by atoms with Crippen LogP contribution in [0.3, 0.4) is 0 Å². The topological polar surface area (TPSA) is 37.4 Å². The minimum atomic E-state index is -3.89. The number of sulfonamides is 1. The van der Waals surface area contributed by atoms with Gasteiger partial charge in [0, 0.05) is 6.54 Å².